The van der Waals surface area contributed by atoms with Crippen LogP contribution in [-0.2, 0) is 6.54 Å². The SMILES string of the molecule is CC(=O)c1ccc(N2CCN(Cc3cc(Cl)ccc3[N+](=O)[O-])CC2)cc1. The van der Waals surface area contributed by atoms with Crippen LogP contribution in [0.25, 0.3) is 0 Å². The Morgan fingerprint density at radius 3 is 2.35 bits per heavy atom. The van der Waals surface area contributed by atoms with Gasteiger partial charge in [0.1, 0.15) is 0 Å². The van der Waals surface area contributed by atoms with Crippen molar-refractivity contribution in [1.29, 1.82) is 0 Å². The molecule has 6 nitrogen and oxygen atoms in total. The Morgan fingerprint density at radius 2 is 1.77 bits per heavy atom. The molecule has 7 heteroatoms. The van der Waals surface area contributed by atoms with Gasteiger partial charge < -0.3 is 4.90 Å². The fourth-order valence-electron chi connectivity index (χ4n) is 3.17. The second-order valence-electron chi connectivity index (χ2n) is 6.40. The van der Waals surface area contributed by atoms with Crippen LogP contribution in [0.15, 0.2) is 42.5 Å². The molecule has 0 N–H and O–H groups in total. The Hall–Kier alpha value is -2.44. The topological polar surface area (TPSA) is 66.7 Å². The Morgan fingerprint density at radius 1 is 1.12 bits per heavy atom. The normalized spacial score (nSPS) is 15.1. The first kappa shape index (κ1) is 18.4. The fourth-order valence-corrected chi connectivity index (χ4v) is 3.37. The van der Waals surface area contributed by atoms with Crippen molar-refractivity contribution in [2.24, 2.45) is 0 Å². The first-order chi connectivity index (χ1) is 12.4. The molecule has 1 saturated heterocycles. The molecule has 1 fully saturated rings. The zero-order valence-electron chi connectivity index (χ0n) is 14.5. The predicted molar refractivity (Wildman–Crippen MR) is 102 cm³/mol. The van der Waals surface area contributed by atoms with E-state index in [4.69, 9.17) is 11.6 Å². The van der Waals surface area contributed by atoms with Gasteiger partial charge in [0, 0.05) is 60.6 Å². The smallest absolute Gasteiger partial charge is 0.273 e. The van der Waals surface area contributed by atoms with E-state index < -0.39 is 0 Å². The lowest BCUT2D eigenvalue weighted by atomic mass is 10.1. The van der Waals surface area contributed by atoms with Crippen LogP contribution in [0.5, 0.6) is 0 Å². The number of carbonyl (C=O) groups excluding carboxylic acids is 1. The van der Waals surface area contributed by atoms with E-state index in [1.54, 1.807) is 19.1 Å². The van der Waals surface area contributed by atoms with Crippen LogP contribution in [0.2, 0.25) is 5.02 Å². The lowest BCUT2D eigenvalue weighted by Gasteiger charge is -2.36. The zero-order valence-corrected chi connectivity index (χ0v) is 15.3. The summed E-state index contributed by atoms with van der Waals surface area (Å²) in [4.78, 5) is 26.7. The van der Waals surface area contributed by atoms with Crippen molar-refractivity contribution in [3.63, 3.8) is 0 Å². The van der Waals surface area contributed by atoms with Gasteiger partial charge in [-0.3, -0.25) is 19.8 Å². The number of carbonyl (C=O) groups is 1. The second-order valence-corrected chi connectivity index (χ2v) is 6.83. The Kier molecular flexibility index (Phi) is 5.54. The summed E-state index contributed by atoms with van der Waals surface area (Å²) in [6, 6.07) is 12.3. The van der Waals surface area contributed by atoms with E-state index in [1.807, 2.05) is 24.3 Å². The third-order valence-electron chi connectivity index (χ3n) is 4.64. The minimum atomic E-state index is -0.363. The van der Waals surface area contributed by atoms with Crippen LogP contribution in [0.1, 0.15) is 22.8 Å². The number of halogens is 1. The predicted octanol–water partition coefficient (Wildman–Crippen LogP) is 3.77. The van der Waals surface area contributed by atoms with Crippen LogP contribution < -0.4 is 4.90 Å². The maximum atomic E-state index is 11.4. The highest BCUT2D eigenvalue weighted by molar-refractivity contribution is 6.30. The van der Waals surface area contributed by atoms with Crippen molar-refractivity contribution in [2.45, 2.75) is 13.5 Å². The molecule has 0 spiro atoms. The standard InChI is InChI=1S/C19H20ClN3O3/c1-14(24)15-2-5-18(6-3-15)22-10-8-21(9-11-22)13-16-12-17(20)4-7-19(16)23(25)26/h2-7,12H,8-11,13H2,1H3. The maximum absolute atomic E-state index is 11.4. The van der Waals surface area contributed by atoms with E-state index in [-0.39, 0.29) is 16.4 Å². The van der Waals surface area contributed by atoms with Crippen molar-refractivity contribution in [1.82, 2.24) is 4.90 Å². The third kappa shape index (κ3) is 4.20. The van der Waals surface area contributed by atoms with Crippen molar-refractivity contribution in [3.8, 4) is 0 Å². The molecular formula is C19H20ClN3O3. The molecule has 0 aromatic heterocycles. The molecule has 1 aliphatic heterocycles. The van der Waals surface area contributed by atoms with E-state index in [2.05, 4.69) is 9.80 Å². The summed E-state index contributed by atoms with van der Waals surface area (Å²) in [7, 11) is 0. The molecule has 0 saturated carbocycles. The highest BCUT2D eigenvalue weighted by Crippen LogP contribution is 2.25. The average molecular weight is 374 g/mol. The second kappa shape index (κ2) is 7.85. The summed E-state index contributed by atoms with van der Waals surface area (Å²) in [5.74, 6) is 0.0597. The number of Topliss-reactive ketones (excluding diaryl/α,β-unsaturated/α-hetero) is 1. The van der Waals surface area contributed by atoms with E-state index >= 15 is 0 Å². The molecule has 1 aliphatic rings. The van der Waals surface area contributed by atoms with Crippen LogP contribution in [-0.4, -0.2) is 41.8 Å². The number of rotatable bonds is 5. The van der Waals surface area contributed by atoms with E-state index in [0.29, 0.717) is 22.7 Å². The van der Waals surface area contributed by atoms with Gasteiger partial charge in [0.05, 0.1) is 4.92 Å². The number of hydrogen-bond acceptors (Lipinski definition) is 5. The maximum Gasteiger partial charge on any atom is 0.273 e. The van der Waals surface area contributed by atoms with Crippen molar-refractivity contribution in [2.75, 3.05) is 31.1 Å². The number of nitrogens with zero attached hydrogens (tertiary/aromatic N) is 3. The van der Waals surface area contributed by atoms with Gasteiger partial charge in [0.25, 0.3) is 5.69 Å². The Balaban J connectivity index is 1.63. The molecule has 0 radical (unpaired) electrons. The van der Waals surface area contributed by atoms with Crippen LogP contribution in [0.3, 0.4) is 0 Å². The van der Waals surface area contributed by atoms with Crippen molar-refractivity contribution < 1.29 is 9.72 Å². The van der Waals surface area contributed by atoms with E-state index in [9.17, 15) is 14.9 Å². The molecule has 1 heterocycles. The largest absolute Gasteiger partial charge is 0.369 e. The molecule has 26 heavy (non-hydrogen) atoms. The minimum absolute atomic E-state index is 0.0597. The number of piperazine rings is 1. The Labute approximate surface area is 157 Å². The molecule has 0 aliphatic carbocycles. The van der Waals surface area contributed by atoms with Gasteiger partial charge in [-0.2, -0.15) is 0 Å². The molecular weight excluding hydrogens is 354 g/mol. The summed E-state index contributed by atoms with van der Waals surface area (Å²) < 4.78 is 0. The number of nitro groups is 1. The minimum Gasteiger partial charge on any atom is -0.369 e. The highest BCUT2D eigenvalue weighted by Gasteiger charge is 2.21. The van der Waals surface area contributed by atoms with Gasteiger partial charge in [-0.05, 0) is 43.3 Å². The van der Waals surface area contributed by atoms with Crippen molar-refractivity contribution in [3.05, 3.63) is 68.7 Å². The quantitative estimate of drug-likeness (QED) is 0.453. The van der Waals surface area contributed by atoms with E-state index in [0.717, 1.165) is 31.9 Å². The van der Waals surface area contributed by atoms with Gasteiger partial charge in [-0.1, -0.05) is 11.6 Å². The summed E-state index contributed by atoms with van der Waals surface area (Å²) in [5, 5.41) is 11.7. The first-order valence-corrected chi connectivity index (χ1v) is 8.83. The lowest BCUT2D eigenvalue weighted by Crippen LogP contribution is -2.46. The summed E-state index contributed by atoms with van der Waals surface area (Å²) in [6.07, 6.45) is 0. The third-order valence-corrected chi connectivity index (χ3v) is 4.88. The zero-order chi connectivity index (χ0) is 18.7. The monoisotopic (exact) mass is 373 g/mol. The molecule has 0 bridgehead atoms. The average Bonchev–Trinajstić information content (AvgIpc) is 2.62. The molecule has 0 amide bonds. The van der Waals surface area contributed by atoms with Crippen LogP contribution in [0, 0.1) is 10.1 Å². The fraction of sp³-hybridized carbons (Fsp3) is 0.316. The Bertz CT molecular complexity index is 815. The van der Waals surface area contributed by atoms with Gasteiger partial charge in [0.2, 0.25) is 0 Å². The van der Waals surface area contributed by atoms with E-state index in [1.165, 1.54) is 6.07 Å². The number of nitro benzene ring substituents is 1. The number of ketones is 1. The number of benzene rings is 2. The van der Waals surface area contributed by atoms with Gasteiger partial charge in [-0.25, -0.2) is 0 Å². The van der Waals surface area contributed by atoms with Gasteiger partial charge in [-0.15, -0.1) is 0 Å². The molecule has 136 valence electrons. The molecule has 0 unspecified atom stereocenters. The molecule has 3 rings (SSSR count). The van der Waals surface area contributed by atoms with Crippen LogP contribution >= 0.6 is 11.6 Å². The molecule has 2 aromatic rings. The lowest BCUT2D eigenvalue weighted by molar-refractivity contribution is -0.385. The number of anilines is 1. The van der Waals surface area contributed by atoms with Gasteiger partial charge >= 0.3 is 0 Å². The molecule has 2 aromatic carbocycles. The first-order valence-electron chi connectivity index (χ1n) is 8.45. The summed E-state index contributed by atoms with van der Waals surface area (Å²) in [6.45, 7) is 5.33. The summed E-state index contributed by atoms with van der Waals surface area (Å²) >= 11 is 6.00. The highest BCUT2D eigenvalue weighted by atomic mass is 35.5. The van der Waals surface area contributed by atoms with Crippen LogP contribution in [0.4, 0.5) is 11.4 Å². The number of hydrogen-bond donors (Lipinski definition) is 0. The van der Waals surface area contributed by atoms with Crippen molar-refractivity contribution >= 4 is 28.8 Å². The summed E-state index contributed by atoms with van der Waals surface area (Å²) in [5.41, 5.74) is 2.54. The molecule has 0 atom stereocenters. The van der Waals surface area contributed by atoms with Gasteiger partial charge in [0.15, 0.2) is 5.78 Å².